The van der Waals surface area contributed by atoms with E-state index < -0.39 is 10.0 Å². The number of thiophene rings is 1. The Morgan fingerprint density at radius 1 is 1.17 bits per heavy atom. The molecule has 0 spiro atoms. The summed E-state index contributed by atoms with van der Waals surface area (Å²) in [5, 5.41) is 11.6. The summed E-state index contributed by atoms with van der Waals surface area (Å²) in [7, 11) is -1.97. The number of aliphatic imine (C=N–C) groups is 1. The molecule has 9 heteroatoms. The maximum absolute atomic E-state index is 11.4. The van der Waals surface area contributed by atoms with Gasteiger partial charge in [0.05, 0.1) is 13.2 Å². The van der Waals surface area contributed by atoms with E-state index in [1.54, 1.807) is 13.1 Å². The average Bonchev–Trinajstić information content (AvgIpc) is 3.16. The van der Waals surface area contributed by atoms with Gasteiger partial charge in [-0.15, -0.1) is 11.3 Å². The van der Waals surface area contributed by atoms with Gasteiger partial charge in [0.15, 0.2) is 5.96 Å². The minimum Gasteiger partial charge on any atom is -0.493 e. The molecule has 0 aliphatic carbocycles. The highest BCUT2D eigenvalue weighted by atomic mass is 32.2. The molecule has 0 aliphatic rings. The van der Waals surface area contributed by atoms with Crippen LogP contribution in [0.25, 0.3) is 0 Å². The summed E-state index contributed by atoms with van der Waals surface area (Å²) < 4.78 is 28.9. The molecule has 0 amide bonds. The number of hydrogen-bond acceptors (Lipinski definition) is 5. The predicted octanol–water partition coefficient (Wildman–Crippen LogP) is 3.14. The van der Waals surface area contributed by atoms with Crippen LogP contribution in [0, 0.1) is 6.92 Å². The first-order valence-corrected chi connectivity index (χ1v) is 12.0. The van der Waals surface area contributed by atoms with Crippen LogP contribution in [0.5, 0.6) is 5.75 Å². The summed E-state index contributed by atoms with van der Waals surface area (Å²) in [4.78, 5) is 5.08. The van der Waals surface area contributed by atoms with Gasteiger partial charge in [-0.3, -0.25) is 4.99 Å². The molecule has 1 heterocycles. The smallest absolute Gasteiger partial charge is 0.247 e. The molecule has 0 aliphatic heterocycles. The number of rotatable bonds is 10. The van der Waals surface area contributed by atoms with E-state index >= 15 is 0 Å². The monoisotopic (exact) mass is 438 g/mol. The number of nitrogens with two attached hydrogens (primary N) is 1. The summed E-state index contributed by atoms with van der Waals surface area (Å²) in [6.07, 6.45) is 3.37. The van der Waals surface area contributed by atoms with Gasteiger partial charge in [0.25, 0.3) is 0 Å². The highest BCUT2D eigenvalue weighted by molar-refractivity contribution is 7.91. The third kappa shape index (κ3) is 7.68. The van der Waals surface area contributed by atoms with Crippen LogP contribution >= 0.6 is 11.3 Å². The van der Waals surface area contributed by atoms with Gasteiger partial charge in [0, 0.05) is 24.0 Å². The molecule has 1 aromatic heterocycles. The first-order chi connectivity index (χ1) is 13.8. The first-order valence-electron chi connectivity index (χ1n) is 9.62. The topological polar surface area (TPSA) is 106 Å². The van der Waals surface area contributed by atoms with Crippen molar-refractivity contribution < 1.29 is 13.2 Å². The number of hydrogen-bond donors (Lipinski definition) is 3. The highest BCUT2D eigenvalue weighted by Gasteiger charge is 2.11. The molecule has 160 valence electrons. The second-order valence-corrected chi connectivity index (χ2v) is 9.67. The Hall–Kier alpha value is -2.10. The first kappa shape index (κ1) is 23.2. The molecular formula is C20H30N4O3S2. The molecule has 29 heavy (non-hydrogen) atoms. The zero-order chi connectivity index (χ0) is 21.3. The van der Waals surface area contributed by atoms with Crippen molar-refractivity contribution in [1.82, 2.24) is 10.6 Å². The number of aryl methyl sites for hydroxylation is 1. The second-order valence-electron chi connectivity index (χ2n) is 6.71. The number of nitrogens with one attached hydrogen (secondary N) is 2. The molecule has 4 N–H and O–H groups in total. The summed E-state index contributed by atoms with van der Waals surface area (Å²) >= 11 is 1.15. The van der Waals surface area contributed by atoms with E-state index in [0.29, 0.717) is 25.7 Å². The van der Waals surface area contributed by atoms with Crippen molar-refractivity contribution >= 4 is 27.3 Å². The lowest BCUT2D eigenvalue weighted by atomic mass is 10.1. The summed E-state index contributed by atoms with van der Waals surface area (Å²) in [5.74, 6) is 1.51. The Morgan fingerprint density at radius 2 is 1.93 bits per heavy atom. The van der Waals surface area contributed by atoms with Gasteiger partial charge in [-0.2, -0.15) is 0 Å². The van der Waals surface area contributed by atoms with Crippen LogP contribution in [0.1, 0.15) is 42.2 Å². The van der Waals surface area contributed by atoms with E-state index in [-0.39, 0.29) is 4.21 Å². The minimum absolute atomic E-state index is 0.154. The van der Waals surface area contributed by atoms with Crippen molar-refractivity contribution in [3.63, 3.8) is 0 Å². The molecule has 2 rings (SSSR count). The van der Waals surface area contributed by atoms with Crippen LogP contribution in [0.15, 0.2) is 39.5 Å². The van der Waals surface area contributed by atoms with Gasteiger partial charge in [-0.05, 0) is 37.1 Å². The van der Waals surface area contributed by atoms with Crippen LogP contribution in [0.3, 0.4) is 0 Å². The molecule has 0 fully saturated rings. The second kappa shape index (κ2) is 11.2. The molecule has 1 aromatic carbocycles. The molecule has 0 atom stereocenters. The van der Waals surface area contributed by atoms with Gasteiger partial charge >= 0.3 is 0 Å². The molecule has 0 saturated carbocycles. The fourth-order valence-electron chi connectivity index (χ4n) is 2.65. The normalized spacial score (nSPS) is 12.1. The number of unbranched alkanes of at least 4 members (excludes halogenated alkanes) is 2. The maximum Gasteiger partial charge on any atom is 0.247 e. The van der Waals surface area contributed by atoms with Crippen LogP contribution in [0.4, 0.5) is 0 Å². The number of primary sulfonamides is 1. The Balaban J connectivity index is 1.92. The zero-order valence-electron chi connectivity index (χ0n) is 17.2. The lowest BCUT2D eigenvalue weighted by Crippen LogP contribution is -2.36. The molecule has 7 nitrogen and oxygen atoms in total. The van der Waals surface area contributed by atoms with E-state index in [4.69, 9.17) is 9.88 Å². The van der Waals surface area contributed by atoms with E-state index in [2.05, 4.69) is 40.7 Å². The zero-order valence-corrected chi connectivity index (χ0v) is 18.8. The predicted molar refractivity (Wildman–Crippen MR) is 119 cm³/mol. The molecule has 0 bridgehead atoms. The molecule has 0 saturated heterocycles. The Labute approximate surface area is 177 Å². The molecule has 0 unspecified atom stereocenters. The summed E-state index contributed by atoms with van der Waals surface area (Å²) in [6.45, 7) is 5.95. The van der Waals surface area contributed by atoms with E-state index in [0.717, 1.165) is 52.4 Å². The van der Waals surface area contributed by atoms with E-state index in [1.165, 1.54) is 6.07 Å². The van der Waals surface area contributed by atoms with Crippen LogP contribution in [0.2, 0.25) is 0 Å². The molecular weight excluding hydrogens is 408 g/mol. The maximum atomic E-state index is 11.4. The van der Waals surface area contributed by atoms with E-state index in [9.17, 15) is 8.42 Å². The van der Waals surface area contributed by atoms with Gasteiger partial charge < -0.3 is 15.4 Å². The van der Waals surface area contributed by atoms with Gasteiger partial charge in [0.2, 0.25) is 10.0 Å². The van der Waals surface area contributed by atoms with Crippen molar-refractivity contribution in [3.8, 4) is 5.75 Å². The van der Waals surface area contributed by atoms with Gasteiger partial charge in [-0.25, -0.2) is 13.6 Å². The number of sulfonamides is 1. The van der Waals surface area contributed by atoms with Crippen molar-refractivity contribution in [2.75, 3.05) is 13.7 Å². The molecule has 0 radical (unpaired) electrons. The van der Waals surface area contributed by atoms with Crippen LogP contribution in [-0.2, 0) is 23.1 Å². The number of benzene rings is 1. The van der Waals surface area contributed by atoms with Crippen molar-refractivity contribution in [3.05, 3.63) is 46.3 Å². The average molecular weight is 439 g/mol. The number of nitrogens with zero attached hydrogens (tertiary/aromatic N) is 1. The Morgan fingerprint density at radius 3 is 2.59 bits per heavy atom. The third-order valence-electron chi connectivity index (χ3n) is 4.25. The largest absolute Gasteiger partial charge is 0.493 e. The standard InChI is InChI=1S/C20H30N4O3S2/c1-4-5-6-11-27-18-12-15(2)7-8-16(18)13-23-20(22-3)24-14-17-9-10-19(28-17)29(21,25)26/h7-10,12H,4-6,11,13-14H2,1-3H3,(H2,21,25,26)(H2,22,23,24). The fourth-order valence-corrected chi connectivity index (χ4v) is 4.37. The van der Waals surface area contributed by atoms with Gasteiger partial charge in [0.1, 0.15) is 9.96 Å². The van der Waals surface area contributed by atoms with Gasteiger partial charge in [-0.1, -0.05) is 31.9 Å². The van der Waals surface area contributed by atoms with Crippen molar-refractivity contribution in [2.45, 2.75) is 50.4 Å². The Kier molecular flexibility index (Phi) is 8.94. The Bertz CT molecular complexity index is 924. The summed E-state index contributed by atoms with van der Waals surface area (Å²) in [5.41, 5.74) is 2.22. The minimum atomic E-state index is -3.66. The number of ether oxygens (including phenoxy) is 1. The number of guanidine groups is 1. The highest BCUT2D eigenvalue weighted by Crippen LogP contribution is 2.21. The SMILES string of the molecule is CCCCCOc1cc(C)ccc1CNC(=NC)NCc1ccc(S(N)(=O)=O)s1. The van der Waals surface area contributed by atoms with Crippen LogP contribution in [-0.4, -0.2) is 28.0 Å². The summed E-state index contributed by atoms with van der Waals surface area (Å²) in [6, 6.07) is 9.43. The lowest BCUT2D eigenvalue weighted by Gasteiger charge is -2.15. The fraction of sp³-hybridized carbons (Fsp3) is 0.450. The van der Waals surface area contributed by atoms with Crippen molar-refractivity contribution in [2.24, 2.45) is 10.1 Å². The molecule has 2 aromatic rings. The van der Waals surface area contributed by atoms with Crippen LogP contribution < -0.4 is 20.5 Å². The quantitative estimate of drug-likeness (QED) is 0.300. The lowest BCUT2D eigenvalue weighted by molar-refractivity contribution is 0.303. The van der Waals surface area contributed by atoms with Crippen molar-refractivity contribution in [1.29, 1.82) is 0 Å². The van der Waals surface area contributed by atoms with E-state index in [1.807, 2.05) is 6.92 Å². The third-order valence-corrected chi connectivity index (χ3v) is 6.77.